The van der Waals surface area contributed by atoms with Crippen LogP contribution in [0.4, 0.5) is 17.1 Å². The van der Waals surface area contributed by atoms with Gasteiger partial charge in [-0.3, -0.25) is 0 Å². The molecule has 5 aliphatic carbocycles. The van der Waals surface area contributed by atoms with Gasteiger partial charge in [0, 0.05) is 16.7 Å². The Hall–Kier alpha value is -5.92. The maximum Gasteiger partial charge on any atom is 0.0711 e. The number of anilines is 3. The second kappa shape index (κ2) is 12.5. The SMILES string of the molecule is CC1(C)c2ccccc2-c2ccc(N(c3cccc4c3C3=C(C=CC=CC3)C4(c3ccccc3)c3ccccc3)c3cccc4c3C(C)(C)C3C=CCCC43)cc21. The Kier molecular flexibility index (Phi) is 7.55. The Morgan fingerprint density at radius 3 is 2.07 bits per heavy atom. The van der Waals surface area contributed by atoms with Crippen LogP contribution in [0.1, 0.15) is 97.4 Å². The molecule has 6 aromatic carbocycles. The standard InChI is InChI=1S/C56H49N/c1-54(2)45-28-16-14-24-40(45)42-35-34-39(36-49(42)54)57(51-33-18-27-43-41-25-15-17-29-46(41)55(3,4)53(43)51)50-32-19-31-48-52(50)44-26-12-7-13-30-47(44)56(48,37-20-8-5-9-21-37)38-22-10-6-11-23-38/h5-14,16-24,27-36,41,46H,15,25-26H2,1-4H3. The Morgan fingerprint density at radius 1 is 0.596 bits per heavy atom. The third kappa shape index (κ3) is 4.69. The highest BCUT2D eigenvalue weighted by Gasteiger charge is 2.50. The van der Waals surface area contributed by atoms with Crippen molar-refractivity contribution >= 4 is 22.6 Å². The number of benzene rings is 6. The summed E-state index contributed by atoms with van der Waals surface area (Å²) in [6.45, 7) is 9.82. The van der Waals surface area contributed by atoms with Gasteiger partial charge in [0.25, 0.3) is 0 Å². The van der Waals surface area contributed by atoms with Crippen LogP contribution >= 0.6 is 0 Å². The van der Waals surface area contributed by atoms with E-state index in [0.717, 1.165) is 12.8 Å². The van der Waals surface area contributed by atoms with Crippen molar-refractivity contribution < 1.29 is 0 Å². The Morgan fingerprint density at radius 2 is 1.28 bits per heavy atom. The van der Waals surface area contributed by atoms with Gasteiger partial charge in [-0.05, 0) is 122 Å². The number of fused-ring (bicyclic) bond motifs is 8. The van der Waals surface area contributed by atoms with Crippen LogP contribution in [0.2, 0.25) is 0 Å². The minimum absolute atomic E-state index is 0.0357. The highest BCUT2D eigenvalue weighted by atomic mass is 15.2. The molecule has 0 aromatic heterocycles. The number of hydrogen-bond donors (Lipinski definition) is 0. The predicted molar refractivity (Wildman–Crippen MR) is 239 cm³/mol. The van der Waals surface area contributed by atoms with Gasteiger partial charge in [-0.25, -0.2) is 0 Å². The van der Waals surface area contributed by atoms with E-state index in [0.29, 0.717) is 11.8 Å². The van der Waals surface area contributed by atoms with E-state index < -0.39 is 5.41 Å². The number of rotatable bonds is 5. The minimum atomic E-state index is -0.476. The van der Waals surface area contributed by atoms with E-state index in [1.165, 1.54) is 90.3 Å². The lowest BCUT2D eigenvalue weighted by molar-refractivity contribution is 0.348. The van der Waals surface area contributed by atoms with Crippen molar-refractivity contribution in [2.45, 2.75) is 69.1 Å². The van der Waals surface area contributed by atoms with Crippen LogP contribution in [-0.4, -0.2) is 0 Å². The summed E-state index contributed by atoms with van der Waals surface area (Å²) in [4.78, 5) is 2.68. The van der Waals surface area contributed by atoms with Crippen LogP contribution in [0.3, 0.4) is 0 Å². The van der Waals surface area contributed by atoms with Gasteiger partial charge in [0.1, 0.15) is 0 Å². The molecule has 0 amide bonds. The monoisotopic (exact) mass is 735 g/mol. The smallest absolute Gasteiger partial charge is 0.0711 e. The van der Waals surface area contributed by atoms with Gasteiger partial charge in [0.15, 0.2) is 0 Å². The zero-order valence-electron chi connectivity index (χ0n) is 33.5. The van der Waals surface area contributed by atoms with Crippen molar-refractivity contribution in [2.24, 2.45) is 5.92 Å². The van der Waals surface area contributed by atoms with E-state index in [1.54, 1.807) is 0 Å². The molecule has 278 valence electrons. The van der Waals surface area contributed by atoms with Gasteiger partial charge in [-0.2, -0.15) is 0 Å². The zero-order valence-corrected chi connectivity index (χ0v) is 33.5. The molecule has 0 N–H and O–H groups in total. The third-order valence-electron chi connectivity index (χ3n) is 14.4. The Balaban J connectivity index is 1.24. The fourth-order valence-corrected chi connectivity index (χ4v) is 12.0. The summed E-state index contributed by atoms with van der Waals surface area (Å²) >= 11 is 0. The van der Waals surface area contributed by atoms with E-state index in [-0.39, 0.29) is 10.8 Å². The maximum absolute atomic E-state index is 2.68. The van der Waals surface area contributed by atoms with Gasteiger partial charge in [0.05, 0.1) is 16.8 Å². The van der Waals surface area contributed by atoms with Gasteiger partial charge in [-0.1, -0.05) is 179 Å². The fourth-order valence-electron chi connectivity index (χ4n) is 12.0. The summed E-state index contributed by atoms with van der Waals surface area (Å²) in [7, 11) is 0. The summed E-state index contributed by atoms with van der Waals surface area (Å²) in [5.41, 5.74) is 19.8. The number of hydrogen-bond acceptors (Lipinski definition) is 1. The molecule has 0 saturated carbocycles. The van der Waals surface area contributed by atoms with Crippen LogP contribution in [0, 0.1) is 5.92 Å². The van der Waals surface area contributed by atoms with E-state index in [9.17, 15) is 0 Å². The van der Waals surface area contributed by atoms with Crippen LogP contribution in [0.5, 0.6) is 0 Å². The first-order valence-electron chi connectivity index (χ1n) is 21.0. The molecular formula is C56H49N. The molecule has 0 radical (unpaired) electrons. The topological polar surface area (TPSA) is 3.24 Å². The largest absolute Gasteiger partial charge is 0.310 e. The molecule has 0 saturated heterocycles. The molecule has 6 aromatic rings. The average molecular weight is 736 g/mol. The summed E-state index contributed by atoms with van der Waals surface area (Å²) in [5, 5.41) is 0. The summed E-state index contributed by atoms with van der Waals surface area (Å²) in [5.74, 6) is 1.02. The molecule has 0 heterocycles. The molecule has 57 heavy (non-hydrogen) atoms. The van der Waals surface area contributed by atoms with Crippen LogP contribution in [-0.2, 0) is 16.2 Å². The van der Waals surface area contributed by atoms with Crippen molar-refractivity contribution in [3.63, 3.8) is 0 Å². The molecule has 0 spiro atoms. The third-order valence-corrected chi connectivity index (χ3v) is 14.4. The molecule has 1 heteroatoms. The molecule has 2 unspecified atom stereocenters. The minimum Gasteiger partial charge on any atom is -0.310 e. The lowest BCUT2D eigenvalue weighted by Crippen LogP contribution is -2.29. The summed E-state index contributed by atoms with van der Waals surface area (Å²) in [6, 6.07) is 53.2. The second-order valence-corrected chi connectivity index (χ2v) is 17.9. The van der Waals surface area contributed by atoms with Gasteiger partial charge >= 0.3 is 0 Å². The van der Waals surface area contributed by atoms with Gasteiger partial charge in [0.2, 0.25) is 0 Å². The second-order valence-electron chi connectivity index (χ2n) is 17.9. The molecule has 5 aliphatic rings. The van der Waals surface area contributed by atoms with E-state index in [2.05, 4.69) is 209 Å². The van der Waals surface area contributed by atoms with E-state index in [4.69, 9.17) is 0 Å². The fraction of sp³-hybridized carbons (Fsp3) is 0.214. The normalized spacial score (nSPS) is 20.9. The number of nitrogens with zero attached hydrogens (tertiary/aromatic N) is 1. The van der Waals surface area contributed by atoms with Crippen molar-refractivity contribution in [1.82, 2.24) is 0 Å². The Bertz CT molecular complexity index is 2680. The first kappa shape index (κ1) is 34.3. The molecule has 2 atom stereocenters. The van der Waals surface area contributed by atoms with Crippen LogP contribution in [0.25, 0.3) is 16.7 Å². The van der Waals surface area contributed by atoms with Crippen molar-refractivity contribution in [3.8, 4) is 11.1 Å². The summed E-state index contributed by atoms with van der Waals surface area (Å²) in [6.07, 6.45) is 17.4. The Labute approximate surface area is 338 Å². The molecule has 0 bridgehead atoms. The summed E-state index contributed by atoms with van der Waals surface area (Å²) < 4.78 is 0. The van der Waals surface area contributed by atoms with Crippen molar-refractivity contribution in [1.29, 1.82) is 0 Å². The first-order valence-corrected chi connectivity index (χ1v) is 21.0. The van der Waals surface area contributed by atoms with Gasteiger partial charge < -0.3 is 4.90 Å². The van der Waals surface area contributed by atoms with Crippen LogP contribution < -0.4 is 4.90 Å². The molecule has 1 nitrogen and oxygen atoms in total. The van der Waals surface area contributed by atoms with Crippen molar-refractivity contribution in [2.75, 3.05) is 4.90 Å². The molecule has 11 rings (SSSR count). The molecule has 0 fully saturated rings. The highest BCUT2D eigenvalue weighted by Crippen LogP contribution is 2.62. The highest BCUT2D eigenvalue weighted by molar-refractivity contribution is 5.98. The predicted octanol–water partition coefficient (Wildman–Crippen LogP) is 14.4. The lowest BCUT2D eigenvalue weighted by Gasteiger charge is -2.37. The lowest BCUT2D eigenvalue weighted by atomic mass is 9.66. The maximum atomic E-state index is 2.68. The van der Waals surface area contributed by atoms with Gasteiger partial charge in [-0.15, -0.1) is 0 Å². The molecule has 0 aliphatic heterocycles. The van der Waals surface area contributed by atoms with E-state index in [1.807, 2.05) is 0 Å². The zero-order chi connectivity index (χ0) is 38.5. The van der Waals surface area contributed by atoms with Crippen molar-refractivity contribution in [3.05, 3.63) is 226 Å². The first-order chi connectivity index (χ1) is 27.8. The van der Waals surface area contributed by atoms with E-state index >= 15 is 0 Å². The molecular weight excluding hydrogens is 687 g/mol. The van der Waals surface area contributed by atoms with Crippen LogP contribution in [0.15, 0.2) is 182 Å². The average Bonchev–Trinajstić information content (AvgIpc) is 3.64. The quantitative estimate of drug-likeness (QED) is 0.159. The number of allylic oxidation sites excluding steroid dienone is 8.